The molecule has 8 heteroatoms. The molecule has 0 aliphatic rings. The first-order valence-corrected chi connectivity index (χ1v) is 5.15. The second kappa shape index (κ2) is 5.13. The Kier molecular flexibility index (Phi) is 4.08. The third-order valence-electron chi connectivity index (χ3n) is 1.46. The van der Waals surface area contributed by atoms with Gasteiger partial charge in [-0.05, 0) is 22.0 Å². The third kappa shape index (κ3) is 3.35. The van der Waals surface area contributed by atoms with Crippen molar-refractivity contribution < 1.29 is 4.39 Å². The quantitative estimate of drug-likeness (QED) is 0.416. The molecule has 6 N–H and O–H groups in total. The number of aliphatic imine (C=N–C) groups is 2. The Hall–Kier alpha value is -1.34. The molecular formula is C8H8BrClFN5. The molecule has 1 aromatic rings. The van der Waals surface area contributed by atoms with Crippen LogP contribution in [0.25, 0.3) is 0 Å². The lowest BCUT2D eigenvalue weighted by molar-refractivity contribution is 0.621. The zero-order valence-corrected chi connectivity index (χ0v) is 10.3. The van der Waals surface area contributed by atoms with Crippen LogP contribution in [0, 0.1) is 5.82 Å². The number of nitrogens with two attached hydrogens (primary N) is 3. The second-order valence-corrected chi connectivity index (χ2v) is 3.93. The van der Waals surface area contributed by atoms with E-state index < -0.39 is 5.82 Å². The van der Waals surface area contributed by atoms with Crippen LogP contribution in [0.2, 0.25) is 5.02 Å². The lowest BCUT2D eigenvalue weighted by Crippen LogP contribution is -2.26. The lowest BCUT2D eigenvalue weighted by atomic mass is 10.3. The average Bonchev–Trinajstić information content (AvgIpc) is 2.12. The summed E-state index contributed by atoms with van der Waals surface area (Å²) in [4.78, 5) is 7.24. The average molecular weight is 309 g/mol. The molecule has 1 rings (SSSR count). The summed E-state index contributed by atoms with van der Waals surface area (Å²) in [6, 6.07) is 2.56. The van der Waals surface area contributed by atoms with Gasteiger partial charge in [-0.15, -0.1) is 0 Å². The Labute approximate surface area is 104 Å². The van der Waals surface area contributed by atoms with E-state index in [9.17, 15) is 4.39 Å². The van der Waals surface area contributed by atoms with Crippen molar-refractivity contribution in [2.45, 2.75) is 0 Å². The summed E-state index contributed by atoms with van der Waals surface area (Å²) in [5.41, 5.74) is 15.8. The zero-order chi connectivity index (χ0) is 12.3. The molecule has 0 radical (unpaired) electrons. The lowest BCUT2D eigenvalue weighted by Gasteiger charge is -2.00. The van der Waals surface area contributed by atoms with Crippen molar-refractivity contribution in [2.75, 3.05) is 0 Å². The fourth-order valence-electron chi connectivity index (χ4n) is 0.896. The standard InChI is InChI=1S/C8H8BrClFN5/c9-6-4(10)1-3(2-5(6)11)15-8(14)16-7(12)13/h1-2H,(H6,12,13,14,15,16). The molecule has 0 spiro atoms. The van der Waals surface area contributed by atoms with Gasteiger partial charge in [0, 0.05) is 6.07 Å². The van der Waals surface area contributed by atoms with E-state index in [1.54, 1.807) is 0 Å². The molecule has 0 amide bonds. The minimum Gasteiger partial charge on any atom is -0.370 e. The van der Waals surface area contributed by atoms with Crippen LogP contribution in [-0.4, -0.2) is 11.9 Å². The van der Waals surface area contributed by atoms with Crippen molar-refractivity contribution in [3.05, 3.63) is 27.4 Å². The highest BCUT2D eigenvalue weighted by molar-refractivity contribution is 9.10. The number of nitrogens with zero attached hydrogens (tertiary/aromatic N) is 2. The molecule has 0 fully saturated rings. The molecule has 0 aliphatic heterocycles. The van der Waals surface area contributed by atoms with E-state index in [2.05, 4.69) is 25.9 Å². The molecule has 86 valence electrons. The van der Waals surface area contributed by atoms with E-state index >= 15 is 0 Å². The Morgan fingerprint density at radius 2 is 1.94 bits per heavy atom. The number of guanidine groups is 2. The first kappa shape index (κ1) is 12.7. The van der Waals surface area contributed by atoms with Crippen molar-refractivity contribution in [3.8, 4) is 0 Å². The Bertz CT molecular complexity index is 446. The van der Waals surface area contributed by atoms with Crippen LogP contribution in [-0.2, 0) is 0 Å². The number of benzene rings is 1. The molecule has 1 aromatic carbocycles. The van der Waals surface area contributed by atoms with Crippen molar-refractivity contribution in [1.29, 1.82) is 0 Å². The fraction of sp³-hybridized carbons (Fsp3) is 0. The Morgan fingerprint density at radius 1 is 1.31 bits per heavy atom. The van der Waals surface area contributed by atoms with E-state index in [-0.39, 0.29) is 27.1 Å². The smallest absolute Gasteiger partial charge is 0.223 e. The van der Waals surface area contributed by atoms with Gasteiger partial charge in [0.25, 0.3) is 0 Å². The van der Waals surface area contributed by atoms with E-state index in [0.717, 1.165) is 6.07 Å². The monoisotopic (exact) mass is 307 g/mol. The van der Waals surface area contributed by atoms with Crippen LogP contribution in [0.5, 0.6) is 0 Å². The number of rotatable bonds is 1. The first-order chi connectivity index (χ1) is 7.40. The van der Waals surface area contributed by atoms with Gasteiger partial charge in [-0.3, -0.25) is 0 Å². The van der Waals surface area contributed by atoms with Crippen LogP contribution in [0.3, 0.4) is 0 Å². The summed E-state index contributed by atoms with van der Waals surface area (Å²) in [5, 5.41) is 0.177. The van der Waals surface area contributed by atoms with E-state index in [1.807, 2.05) is 0 Å². The predicted molar refractivity (Wildman–Crippen MR) is 66.2 cm³/mol. The van der Waals surface area contributed by atoms with Gasteiger partial charge < -0.3 is 17.2 Å². The van der Waals surface area contributed by atoms with Gasteiger partial charge in [0.05, 0.1) is 15.2 Å². The van der Waals surface area contributed by atoms with Crippen LogP contribution in [0.4, 0.5) is 10.1 Å². The molecule has 5 nitrogen and oxygen atoms in total. The van der Waals surface area contributed by atoms with E-state index in [1.165, 1.54) is 6.07 Å². The zero-order valence-electron chi connectivity index (χ0n) is 7.92. The van der Waals surface area contributed by atoms with Crippen molar-refractivity contribution in [3.63, 3.8) is 0 Å². The van der Waals surface area contributed by atoms with E-state index in [0.29, 0.717) is 0 Å². The molecule has 0 aliphatic carbocycles. The van der Waals surface area contributed by atoms with Crippen molar-refractivity contribution in [2.24, 2.45) is 27.2 Å². The summed E-state index contributed by atoms with van der Waals surface area (Å²) in [5.74, 6) is -0.966. The van der Waals surface area contributed by atoms with Crippen molar-refractivity contribution in [1.82, 2.24) is 0 Å². The topological polar surface area (TPSA) is 103 Å². The highest BCUT2D eigenvalue weighted by Crippen LogP contribution is 2.30. The van der Waals surface area contributed by atoms with Gasteiger partial charge in [-0.2, -0.15) is 4.99 Å². The summed E-state index contributed by atoms with van der Waals surface area (Å²) >= 11 is 8.69. The molecule has 0 saturated carbocycles. The molecule has 0 aromatic heterocycles. The third-order valence-corrected chi connectivity index (χ3v) is 2.79. The first-order valence-electron chi connectivity index (χ1n) is 3.98. The maximum atomic E-state index is 13.2. The fourth-order valence-corrected chi connectivity index (χ4v) is 1.33. The van der Waals surface area contributed by atoms with Crippen LogP contribution in [0.1, 0.15) is 0 Å². The van der Waals surface area contributed by atoms with Gasteiger partial charge in [-0.25, -0.2) is 9.38 Å². The van der Waals surface area contributed by atoms with Crippen molar-refractivity contribution >= 4 is 45.1 Å². The maximum Gasteiger partial charge on any atom is 0.223 e. The molecule has 0 bridgehead atoms. The number of hydrogen-bond donors (Lipinski definition) is 3. The summed E-state index contributed by atoms with van der Waals surface area (Å²) in [6.45, 7) is 0. The summed E-state index contributed by atoms with van der Waals surface area (Å²) in [6.07, 6.45) is 0. The highest BCUT2D eigenvalue weighted by atomic mass is 79.9. The minimum atomic E-state index is -0.552. The molecule has 0 saturated heterocycles. The summed E-state index contributed by atoms with van der Waals surface area (Å²) < 4.78 is 13.4. The Morgan fingerprint density at radius 3 is 2.44 bits per heavy atom. The largest absolute Gasteiger partial charge is 0.370 e. The molecule has 0 unspecified atom stereocenters. The van der Waals surface area contributed by atoms with Gasteiger partial charge >= 0.3 is 0 Å². The normalized spacial score (nSPS) is 11.3. The minimum absolute atomic E-state index is 0.161. The predicted octanol–water partition coefficient (Wildman–Crippen LogP) is 1.46. The van der Waals surface area contributed by atoms with E-state index in [4.69, 9.17) is 28.8 Å². The summed E-state index contributed by atoms with van der Waals surface area (Å²) in [7, 11) is 0. The maximum absolute atomic E-state index is 13.2. The SMILES string of the molecule is NC(N)=NC(N)=Nc1cc(F)c(Br)c(Cl)c1. The van der Waals surface area contributed by atoms with Crippen LogP contribution in [0.15, 0.2) is 26.6 Å². The molecule has 0 heterocycles. The van der Waals surface area contributed by atoms with Gasteiger partial charge in [0.1, 0.15) is 5.82 Å². The second-order valence-electron chi connectivity index (χ2n) is 2.73. The van der Waals surface area contributed by atoms with Gasteiger partial charge in [0.15, 0.2) is 5.96 Å². The molecule has 0 atom stereocenters. The number of hydrogen-bond acceptors (Lipinski definition) is 1. The van der Waals surface area contributed by atoms with Crippen LogP contribution >= 0.6 is 27.5 Å². The van der Waals surface area contributed by atoms with Gasteiger partial charge in [0.2, 0.25) is 5.96 Å². The molecular weight excluding hydrogens is 300 g/mol. The highest BCUT2D eigenvalue weighted by Gasteiger charge is 2.06. The Balaban J connectivity index is 3.12. The van der Waals surface area contributed by atoms with Gasteiger partial charge in [-0.1, -0.05) is 11.6 Å². The number of halogens is 3. The molecule has 16 heavy (non-hydrogen) atoms. The van der Waals surface area contributed by atoms with Crippen LogP contribution < -0.4 is 17.2 Å².